The summed E-state index contributed by atoms with van der Waals surface area (Å²) in [5.41, 5.74) is 0.274. The fourth-order valence-electron chi connectivity index (χ4n) is 2.27. The first-order valence-electron chi connectivity index (χ1n) is 9.19. The molecule has 0 saturated carbocycles. The zero-order valence-corrected chi connectivity index (χ0v) is 16.6. The quantitative estimate of drug-likeness (QED) is 0.418. The van der Waals surface area contributed by atoms with Crippen molar-refractivity contribution in [3.63, 3.8) is 0 Å². The summed E-state index contributed by atoms with van der Waals surface area (Å²) >= 11 is 0. The largest absolute Gasteiger partial charge is 0.445 e. The molecule has 0 aliphatic rings. The van der Waals surface area contributed by atoms with Gasteiger partial charge in [-0.15, -0.1) is 0 Å². The number of benzene rings is 1. The van der Waals surface area contributed by atoms with Crippen molar-refractivity contribution in [2.45, 2.75) is 58.3 Å². The maximum atomic E-state index is 11.9. The highest BCUT2D eigenvalue weighted by molar-refractivity contribution is 6.29. The van der Waals surface area contributed by atoms with Crippen LogP contribution >= 0.6 is 0 Å². The van der Waals surface area contributed by atoms with E-state index in [2.05, 4.69) is 10.6 Å². The molecule has 1 aromatic carbocycles. The number of amides is 2. The summed E-state index contributed by atoms with van der Waals surface area (Å²) in [5.74, 6) is -0.503. The van der Waals surface area contributed by atoms with Crippen LogP contribution in [-0.4, -0.2) is 42.4 Å². The first-order valence-corrected chi connectivity index (χ1v) is 9.19. The Balaban J connectivity index is 2.34. The topological polar surface area (TPSA) is 118 Å². The van der Waals surface area contributed by atoms with Crippen LogP contribution in [0.4, 0.5) is 9.59 Å². The number of unbranched alkanes of at least 4 members (excludes halogenated alkanes) is 1. The van der Waals surface area contributed by atoms with Crippen molar-refractivity contribution in [1.29, 1.82) is 5.41 Å². The molecule has 0 heterocycles. The lowest BCUT2D eigenvalue weighted by Gasteiger charge is -2.19. The Labute approximate surface area is 165 Å². The van der Waals surface area contributed by atoms with Crippen LogP contribution in [0.5, 0.6) is 0 Å². The van der Waals surface area contributed by atoms with Gasteiger partial charge in [-0.2, -0.15) is 0 Å². The molecular weight excluding hydrogens is 362 g/mol. The molecule has 1 unspecified atom stereocenters. The number of ether oxygens (including phenoxy) is 2. The highest BCUT2D eigenvalue weighted by Crippen LogP contribution is 2.07. The van der Waals surface area contributed by atoms with E-state index in [0.29, 0.717) is 32.0 Å². The van der Waals surface area contributed by atoms with E-state index in [1.165, 1.54) is 0 Å². The van der Waals surface area contributed by atoms with Gasteiger partial charge < -0.3 is 25.5 Å². The Morgan fingerprint density at radius 2 is 1.79 bits per heavy atom. The molecular formula is C20H29N3O5. The van der Waals surface area contributed by atoms with Crippen molar-refractivity contribution < 1.29 is 23.9 Å². The molecule has 0 saturated heterocycles. The molecule has 28 heavy (non-hydrogen) atoms. The van der Waals surface area contributed by atoms with E-state index in [4.69, 9.17) is 14.9 Å². The molecule has 3 N–H and O–H groups in total. The average Bonchev–Trinajstić information content (AvgIpc) is 2.64. The standard InChI is InChI=1S/C20H29N3O5/c1-20(2,3)28-18(25)22-12-8-7-11-16(17(24)13-21)23-19(26)27-14-15-9-5-4-6-10-15/h4-6,9-10,13,16,21H,7-8,11-12,14H2,1-3H3,(H,22,25)(H,23,26). The van der Waals surface area contributed by atoms with E-state index in [-0.39, 0.29) is 6.61 Å². The molecule has 1 rings (SSSR count). The van der Waals surface area contributed by atoms with E-state index >= 15 is 0 Å². The molecule has 0 radical (unpaired) electrons. The summed E-state index contributed by atoms with van der Waals surface area (Å²) in [7, 11) is 0. The van der Waals surface area contributed by atoms with Gasteiger partial charge in [0.15, 0.2) is 5.78 Å². The second-order valence-corrected chi connectivity index (χ2v) is 7.23. The summed E-state index contributed by atoms with van der Waals surface area (Å²) in [5, 5.41) is 12.3. The van der Waals surface area contributed by atoms with Gasteiger partial charge in [-0.3, -0.25) is 4.79 Å². The zero-order chi connectivity index (χ0) is 21.0. The monoisotopic (exact) mass is 391 g/mol. The molecule has 0 spiro atoms. The normalized spacial score (nSPS) is 11.8. The Kier molecular flexibility index (Phi) is 9.70. The van der Waals surface area contributed by atoms with E-state index < -0.39 is 29.6 Å². The van der Waals surface area contributed by atoms with E-state index in [0.717, 1.165) is 5.56 Å². The number of carbonyl (C=O) groups excluding carboxylic acids is 3. The molecule has 154 valence electrons. The Morgan fingerprint density at radius 1 is 1.11 bits per heavy atom. The van der Waals surface area contributed by atoms with Gasteiger partial charge in [0.25, 0.3) is 0 Å². The third kappa shape index (κ3) is 10.3. The van der Waals surface area contributed by atoms with Crippen LogP contribution in [0, 0.1) is 5.41 Å². The Morgan fingerprint density at radius 3 is 2.39 bits per heavy atom. The van der Waals surface area contributed by atoms with Crippen molar-refractivity contribution in [2.75, 3.05) is 6.54 Å². The van der Waals surface area contributed by atoms with Gasteiger partial charge in [0.05, 0.1) is 12.3 Å². The Hall–Kier alpha value is -2.90. The van der Waals surface area contributed by atoms with Gasteiger partial charge >= 0.3 is 12.2 Å². The fraction of sp³-hybridized carbons (Fsp3) is 0.500. The lowest BCUT2D eigenvalue weighted by atomic mass is 10.1. The molecule has 0 aliphatic heterocycles. The van der Waals surface area contributed by atoms with Crippen LogP contribution in [-0.2, 0) is 20.9 Å². The maximum Gasteiger partial charge on any atom is 0.408 e. The molecule has 0 fully saturated rings. The van der Waals surface area contributed by atoms with Crippen molar-refractivity contribution >= 4 is 24.2 Å². The second kappa shape index (κ2) is 11.7. The number of nitrogens with one attached hydrogen (secondary N) is 3. The fourth-order valence-corrected chi connectivity index (χ4v) is 2.27. The predicted octanol–water partition coefficient (Wildman–Crippen LogP) is 3.20. The minimum absolute atomic E-state index is 0.0952. The van der Waals surface area contributed by atoms with Gasteiger partial charge in [-0.25, -0.2) is 9.59 Å². The predicted molar refractivity (Wildman–Crippen MR) is 105 cm³/mol. The third-order valence-electron chi connectivity index (χ3n) is 3.58. The van der Waals surface area contributed by atoms with Crippen LogP contribution in [0.3, 0.4) is 0 Å². The minimum atomic E-state index is -0.831. The molecule has 0 aromatic heterocycles. The van der Waals surface area contributed by atoms with Gasteiger partial charge in [-0.1, -0.05) is 30.3 Å². The van der Waals surface area contributed by atoms with Gasteiger partial charge in [-0.05, 0) is 45.6 Å². The number of rotatable bonds is 10. The van der Waals surface area contributed by atoms with Gasteiger partial charge in [0.1, 0.15) is 12.2 Å². The average molecular weight is 391 g/mol. The smallest absolute Gasteiger partial charge is 0.408 e. The van der Waals surface area contributed by atoms with E-state index in [1.54, 1.807) is 20.8 Å². The van der Waals surface area contributed by atoms with Crippen molar-refractivity contribution in [3.05, 3.63) is 35.9 Å². The molecule has 0 aliphatic carbocycles. The van der Waals surface area contributed by atoms with E-state index in [1.807, 2.05) is 30.3 Å². The zero-order valence-electron chi connectivity index (χ0n) is 16.6. The van der Waals surface area contributed by atoms with E-state index in [9.17, 15) is 14.4 Å². The van der Waals surface area contributed by atoms with Crippen LogP contribution in [0.1, 0.15) is 45.6 Å². The van der Waals surface area contributed by atoms with Crippen LogP contribution in [0.15, 0.2) is 30.3 Å². The first-order chi connectivity index (χ1) is 13.2. The number of hydrogen-bond donors (Lipinski definition) is 3. The van der Waals surface area contributed by atoms with Crippen LogP contribution in [0.2, 0.25) is 0 Å². The number of ketones is 1. The summed E-state index contributed by atoms with van der Waals surface area (Å²) in [6, 6.07) is 8.35. The molecule has 1 atom stereocenters. The van der Waals surface area contributed by atoms with Gasteiger partial charge in [0, 0.05) is 6.54 Å². The van der Waals surface area contributed by atoms with Crippen LogP contribution < -0.4 is 10.6 Å². The third-order valence-corrected chi connectivity index (χ3v) is 3.58. The molecule has 1 aromatic rings. The molecule has 2 amide bonds. The van der Waals surface area contributed by atoms with Crippen molar-refractivity contribution in [2.24, 2.45) is 0 Å². The maximum absolute atomic E-state index is 11.9. The highest BCUT2D eigenvalue weighted by atomic mass is 16.6. The molecule has 0 bridgehead atoms. The SMILES string of the molecule is CC(C)(C)OC(=O)NCCCCC(NC(=O)OCc1ccccc1)C(=O)C=N. The van der Waals surface area contributed by atoms with Crippen LogP contribution in [0.25, 0.3) is 0 Å². The lowest BCUT2D eigenvalue weighted by molar-refractivity contribution is -0.114. The van der Waals surface area contributed by atoms with Crippen molar-refractivity contribution in [1.82, 2.24) is 10.6 Å². The second-order valence-electron chi connectivity index (χ2n) is 7.23. The summed E-state index contributed by atoms with van der Waals surface area (Å²) < 4.78 is 10.2. The lowest BCUT2D eigenvalue weighted by Crippen LogP contribution is -2.41. The summed E-state index contributed by atoms with van der Waals surface area (Å²) in [6.45, 7) is 5.82. The highest BCUT2D eigenvalue weighted by Gasteiger charge is 2.20. The number of alkyl carbamates (subject to hydrolysis) is 2. The van der Waals surface area contributed by atoms with Gasteiger partial charge in [0.2, 0.25) is 0 Å². The summed E-state index contributed by atoms with van der Waals surface area (Å²) in [4.78, 5) is 35.3. The number of hydrogen-bond acceptors (Lipinski definition) is 6. The first kappa shape index (κ1) is 23.1. The Bertz CT molecular complexity index is 656. The summed E-state index contributed by atoms with van der Waals surface area (Å²) in [6.07, 6.45) is 0.977. The molecule has 8 nitrogen and oxygen atoms in total. The number of Topliss-reactive ketones (excluding diaryl/α,β-unsaturated/α-hetero) is 1. The van der Waals surface area contributed by atoms with Crippen molar-refractivity contribution in [3.8, 4) is 0 Å². The molecule has 8 heteroatoms. The number of carbonyl (C=O) groups is 3. The minimum Gasteiger partial charge on any atom is -0.445 e.